The van der Waals surface area contributed by atoms with Crippen LogP contribution in [0.4, 0.5) is 0 Å². The van der Waals surface area contributed by atoms with Crippen LogP contribution in [0.15, 0.2) is 42.5 Å². The van der Waals surface area contributed by atoms with Crippen LogP contribution in [-0.2, 0) is 0 Å². The van der Waals surface area contributed by atoms with E-state index < -0.39 is 0 Å². The van der Waals surface area contributed by atoms with Gasteiger partial charge in [-0.1, -0.05) is 18.2 Å². The number of rotatable bonds is 2. The molecule has 3 nitrogen and oxygen atoms in total. The van der Waals surface area contributed by atoms with E-state index in [4.69, 9.17) is 4.74 Å². The third-order valence-corrected chi connectivity index (χ3v) is 3.93. The molecule has 19 heavy (non-hydrogen) atoms. The second-order valence-corrected chi connectivity index (χ2v) is 5.01. The molecule has 0 radical (unpaired) electrons. The van der Waals surface area contributed by atoms with E-state index in [-0.39, 0.29) is 0 Å². The Morgan fingerprint density at radius 2 is 2.00 bits per heavy atom. The molecular weight excluding hydrogens is 256 g/mol. The lowest BCUT2D eigenvalue weighted by Crippen LogP contribution is -1.90. The van der Waals surface area contributed by atoms with Crippen molar-refractivity contribution >= 4 is 21.6 Å². The molecule has 1 heterocycles. The van der Waals surface area contributed by atoms with Crippen molar-refractivity contribution in [3.8, 4) is 22.4 Å². The van der Waals surface area contributed by atoms with Gasteiger partial charge in [-0.2, -0.15) is 5.26 Å². The van der Waals surface area contributed by atoms with E-state index >= 15 is 0 Å². The van der Waals surface area contributed by atoms with Crippen molar-refractivity contribution in [3.05, 3.63) is 48.0 Å². The average molecular weight is 266 g/mol. The van der Waals surface area contributed by atoms with Crippen LogP contribution in [0.25, 0.3) is 20.8 Å². The Morgan fingerprint density at radius 1 is 1.16 bits per heavy atom. The summed E-state index contributed by atoms with van der Waals surface area (Å²) in [6.45, 7) is 0. The van der Waals surface area contributed by atoms with Crippen molar-refractivity contribution in [3.63, 3.8) is 0 Å². The first-order valence-electron chi connectivity index (χ1n) is 5.76. The molecule has 0 saturated carbocycles. The lowest BCUT2D eigenvalue weighted by molar-refractivity contribution is 0.416. The number of ether oxygens (including phenoxy) is 1. The van der Waals surface area contributed by atoms with Crippen molar-refractivity contribution in [2.75, 3.05) is 7.11 Å². The summed E-state index contributed by atoms with van der Waals surface area (Å²) >= 11 is 1.57. The molecule has 0 unspecified atom stereocenters. The number of methoxy groups -OCH3 is 1. The van der Waals surface area contributed by atoms with Crippen LogP contribution < -0.4 is 4.74 Å². The van der Waals surface area contributed by atoms with E-state index in [0.717, 1.165) is 20.8 Å². The standard InChI is InChI=1S/C15H10N2OS/c1-18-12-7-4-5-10(9-16)14(12)15-17-11-6-2-3-8-13(11)19-15/h2-8H,1H3. The zero-order valence-electron chi connectivity index (χ0n) is 10.3. The number of fused-ring (bicyclic) bond motifs is 1. The minimum absolute atomic E-state index is 0.582. The molecule has 0 aliphatic rings. The van der Waals surface area contributed by atoms with Crippen molar-refractivity contribution in [1.82, 2.24) is 4.98 Å². The molecule has 0 atom stereocenters. The average Bonchev–Trinajstić information content (AvgIpc) is 2.89. The minimum Gasteiger partial charge on any atom is -0.496 e. The van der Waals surface area contributed by atoms with Gasteiger partial charge in [-0.25, -0.2) is 4.98 Å². The largest absolute Gasteiger partial charge is 0.496 e. The second-order valence-electron chi connectivity index (χ2n) is 3.98. The summed E-state index contributed by atoms with van der Waals surface area (Å²) in [6.07, 6.45) is 0. The fraction of sp³-hybridized carbons (Fsp3) is 0.0667. The fourth-order valence-corrected chi connectivity index (χ4v) is 3.02. The van der Waals surface area contributed by atoms with Crippen molar-refractivity contribution in [2.24, 2.45) is 0 Å². The quantitative estimate of drug-likeness (QED) is 0.708. The summed E-state index contributed by atoms with van der Waals surface area (Å²) in [5.74, 6) is 0.679. The molecule has 3 aromatic rings. The van der Waals surface area contributed by atoms with Gasteiger partial charge < -0.3 is 4.74 Å². The number of nitrogens with zero attached hydrogens (tertiary/aromatic N) is 2. The summed E-state index contributed by atoms with van der Waals surface area (Å²) in [4.78, 5) is 4.59. The molecule has 3 rings (SSSR count). The molecule has 0 bridgehead atoms. The van der Waals surface area contributed by atoms with Gasteiger partial charge in [0.25, 0.3) is 0 Å². The van der Waals surface area contributed by atoms with Crippen LogP contribution in [0.2, 0.25) is 0 Å². The Hall–Kier alpha value is -2.38. The van der Waals surface area contributed by atoms with Gasteiger partial charge in [0, 0.05) is 0 Å². The summed E-state index contributed by atoms with van der Waals surface area (Å²) in [7, 11) is 1.60. The molecule has 0 aliphatic heterocycles. The van der Waals surface area contributed by atoms with Gasteiger partial charge in [0.05, 0.1) is 28.5 Å². The molecule has 0 fully saturated rings. The van der Waals surface area contributed by atoms with E-state index in [9.17, 15) is 5.26 Å². The molecule has 2 aromatic carbocycles. The first kappa shape index (κ1) is 11.7. The Kier molecular flexibility index (Phi) is 2.90. The van der Waals surface area contributed by atoms with E-state index in [1.807, 2.05) is 36.4 Å². The molecule has 0 spiro atoms. The molecule has 4 heteroatoms. The minimum atomic E-state index is 0.582. The molecular formula is C15H10N2OS. The topological polar surface area (TPSA) is 45.9 Å². The second kappa shape index (κ2) is 4.71. The van der Waals surface area contributed by atoms with Crippen LogP contribution in [0.3, 0.4) is 0 Å². The monoisotopic (exact) mass is 266 g/mol. The summed E-state index contributed by atoms with van der Waals surface area (Å²) in [6, 6.07) is 15.6. The van der Waals surface area contributed by atoms with Crippen LogP contribution >= 0.6 is 11.3 Å². The van der Waals surface area contributed by atoms with Gasteiger partial charge >= 0.3 is 0 Å². The predicted molar refractivity (Wildman–Crippen MR) is 76.3 cm³/mol. The van der Waals surface area contributed by atoms with Gasteiger partial charge in [0.1, 0.15) is 16.8 Å². The first-order valence-corrected chi connectivity index (χ1v) is 6.58. The predicted octanol–water partition coefficient (Wildman–Crippen LogP) is 3.84. The zero-order valence-corrected chi connectivity index (χ0v) is 11.1. The Morgan fingerprint density at radius 3 is 2.74 bits per heavy atom. The fourth-order valence-electron chi connectivity index (χ4n) is 1.99. The smallest absolute Gasteiger partial charge is 0.130 e. The Balaban J connectivity index is 2.29. The van der Waals surface area contributed by atoms with Gasteiger partial charge in [0.2, 0.25) is 0 Å². The maximum Gasteiger partial charge on any atom is 0.130 e. The van der Waals surface area contributed by atoms with Crippen molar-refractivity contribution in [2.45, 2.75) is 0 Å². The maximum atomic E-state index is 9.25. The highest BCUT2D eigenvalue weighted by molar-refractivity contribution is 7.21. The summed E-state index contributed by atoms with van der Waals surface area (Å²) in [5.41, 5.74) is 2.30. The third-order valence-electron chi connectivity index (χ3n) is 2.87. The number of para-hydroxylation sites is 1. The van der Waals surface area contributed by atoms with Gasteiger partial charge in [0.15, 0.2) is 0 Å². The van der Waals surface area contributed by atoms with Crippen molar-refractivity contribution in [1.29, 1.82) is 5.26 Å². The lowest BCUT2D eigenvalue weighted by Gasteiger charge is -2.06. The van der Waals surface area contributed by atoms with Crippen LogP contribution in [0.5, 0.6) is 5.75 Å². The Labute approximate surface area is 114 Å². The van der Waals surface area contributed by atoms with E-state index in [2.05, 4.69) is 11.1 Å². The van der Waals surface area contributed by atoms with E-state index in [1.54, 1.807) is 24.5 Å². The summed E-state index contributed by atoms with van der Waals surface area (Å²) < 4.78 is 6.46. The lowest BCUT2D eigenvalue weighted by atomic mass is 10.1. The molecule has 0 saturated heterocycles. The molecule has 0 amide bonds. The molecule has 92 valence electrons. The SMILES string of the molecule is COc1cccc(C#N)c1-c1nc2ccccc2s1. The van der Waals surface area contributed by atoms with Crippen LogP contribution in [0, 0.1) is 11.3 Å². The van der Waals surface area contributed by atoms with E-state index in [0.29, 0.717) is 11.3 Å². The Bertz CT molecular complexity index is 753. The molecule has 0 aliphatic carbocycles. The normalized spacial score (nSPS) is 10.3. The maximum absolute atomic E-state index is 9.25. The first-order chi connectivity index (χ1) is 9.33. The van der Waals surface area contributed by atoms with Gasteiger partial charge in [-0.15, -0.1) is 11.3 Å². The number of nitriles is 1. The molecule has 1 aromatic heterocycles. The highest BCUT2D eigenvalue weighted by Gasteiger charge is 2.15. The number of benzene rings is 2. The molecule has 0 N–H and O–H groups in total. The van der Waals surface area contributed by atoms with Crippen molar-refractivity contribution < 1.29 is 4.74 Å². The highest BCUT2D eigenvalue weighted by Crippen LogP contribution is 2.37. The number of thiazole rings is 1. The highest BCUT2D eigenvalue weighted by atomic mass is 32.1. The number of hydrogen-bond donors (Lipinski definition) is 0. The zero-order chi connectivity index (χ0) is 13.2. The number of hydrogen-bond acceptors (Lipinski definition) is 4. The van der Waals surface area contributed by atoms with Gasteiger partial charge in [-0.05, 0) is 24.3 Å². The third kappa shape index (κ3) is 1.94. The number of aromatic nitrogens is 1. The van der Waals surface area contributed by atoms with Gasteiger partial charge in [-0.3, -0.25) is 0 Å². The van der Waals surface area contributed by atoms with Crippen LogP contribution in [-0.4, -0.2) is 12.1 Å². The van der Waals surface area contributed by atoms with E-state index in [1.165, 1.54) is 0 Å². The summed E-state index contributed by atoms with van der Waals surface area (Å²) in [5, 5.41) is 10.1. The van der Waals surface area contributed by atoms with Crippen LogP contribution in [0.1, 0.15) is 5.56 Å².